The fourth-order valence-electron chi connectivity index (χ4n) is 2.51. The first kappa shape index (κ1) is 13.4. The molecule has 0 unspecified atom stereocenters. The van der Waals surface area contributed by atoms with E-state index in [0.29, 0.717) is 0 Å². The number of furan rings is 1. The normalized spacial score (nSPS) is 11.2. The molecule has 0 aliphatic heterocycles. The molecule has 0 saturated carbocycles. The summed E-state index contributed by atoms with van der Waals surface area (Å²) in [6.07, 6.45) is 2.03. The van der Waals surface area contributed by atoms with Gasteiger partial charge < -0.3 is 9.73 Å². The first-order chi connectivity index (χ1) is 9.88. The van der Waals surface area contributed by atoms with E-state index in [4.69, 9.17) is 4.42 Å². The fourth-order valence-corrected chi connectivity index (χ4v) is 3.22. The molecule has 0 aliphatic carbocycles. The highest BCUT2D eigenvalue weighted by Gasteiger charge is 2.11. The van der Waals surface area contributed by atoms with Crippen LogP contribution in [-0.2, 0) is 19.4 Å². The number of nitrogens with one attached hydrogen (secondary N) is 1. The summed E-state index contributed by atoms with van der Waals surface area (Å²) in [5, 5.41) is 6.92. The average Bonchev–Trinajstić information content (AvgIpc) is 3.11. The highest BCUT2D eigenvalue weighted by molar-refractivity contribution is 7.09. The van der Waals surface area contributed by atoms with Gasteiger partial charge in [-0.3, -0.25) is 0 Å². The maximum absolute atomic E-state index is 5.91. The molecule has 0 saturated heterocycles. The third-order valence-corrected chi connectivity index (χ3v) is 4.47. The van der Waals surface area contributed by atoms with Crippen molar-refractivity contribution in [2.24, 2.45) is 0 Å². The maximum atomic E-state index is 5.91. The van der Waals surface area contributed by atoms with E-state index in [0.717, 1.165) is 37.3 Å². The maximum Gasteiger partial charge on any atom is 0.134 e. The lowest BCUT2D eigenvalue weighted by Gasteiger charge is -2.04. The van der Waals surface area contributed by atoms with Crippen LogP contribution in [0.5, 0.6) is 0 Å². The van der Waals surface area contributed by atoms with E-state index < -0.39 is 0 Å². The molecule has 0 atom stereocenters. The number of benzene rings is 1. The smallest absolute Gasteiger partial charge is 0.134 e. The molecule has 0 fully saturated rings. The summed E-state index contributed by atoms with van der Waals surface area (Å²) in [5.74, 6) is 1.11. The van der Waals surface area contributed by atoms with Crippen LogP contribution in [0.4, 0.5) is 0 Å². The predicted octanol–water partition coefficient (Wildman–Crippen LogP) is 4.39. The first-order valence-electron chi connectivity index (χ1n) is 7.11. The number of aryl methyl sites for hydroxylation is 1. The second-order valence-corrected chi connectivity index (χ2v) is 5.89. The Hall–Kier alpha value is -1.58. The van der Waals surface area contributed by atoms with Crippen LogP contribution in [0.3, 0.4) is 0 Å². The van der Waals surface area contributed by atoms with E-state index in [9.17, 15) is 0 Å². The molecule has 3 heteroatoms. The highest BCUT2D eigenvalue weighted by atomic mass is 32.1. The zero-order chi connectivity index (χ0) is 13.8. The van der Waals surface area contributed by atoms with E-state index >= 15 is 0 Å². The summed E-state index contributed by atoms with van der Waals surface area (Å²) in [5.41, 5.74) is 2.31. The van der Waals surface area contributed by atoms with Crippen molar-refractivity contribution in [3.05, 3.63) is 58.0 Å². The lowest BCUT2D eigenvalue weighted by atomic mass is 10.1. The Balaban J connectivity index is 1.67. The number of fused-ring (bicyclic) bond motifs is 1. The second-order valence-electron chi connectivity index (χ2n) is 4.86. The van der Waals surface area contributed by atoms with Gasteiger partial charge in [-0.1, -0.05) is 31.2 Å². The third kappa shape index (κ3) is 2.79. The van der Waals surface area contributed by atoms with Crippen LogP contribution in [-0.4, -0.2) is 6.54 Å². The number of para-hydroxylation sites is 1. The predicted molar refractivity (Wildman–Crippen MR) is 85.3 cm³/mol. The van der Waals surface area contributed by atoms with Gasteiger partial charge in [0.2, 0.25) is 0 Å². The first-order valence-corrected chi connectivity index (χ1v) is 7.99. The Bertz CT molecular complexity index is 669. The highest BCUT2D eigenvalue weighted by Crippen LogP contribution is 2.26. The minimum atomic E-state index is 0.881. The van der Waals surface area contributed by atoms with Crippen LogP contribution in [0.25, 0.3) is 11.0 Å². The summed E-state index contributed by atoms with van der Waals surface area (Å²) < 4.78 is 5.91. The van der Waals surface area contributed by atoms with Crippen LogP contribution in [0, 0.1) is 0 Å². The molecule has 1 aromatic carbocycles. The molecule has 2 nitrogen and oxygen atoms in total. The summed E-state index contributed by atoms with van der Waals surface area (Å²) >= 11 is 1.82. The van der Waals surface area contributed by atoms with Crippen molar-refractivity contribution in [2.45, 2.75) is 26.3 Å². The number of hydrogen-bond donors (Lipinski definition) is 1. The molecule has 2 heterocycles. The molecule has 0 radical (unpaired) electrons. The third-order valence-electron chi connectivity index (χ3n) is 3.53. The fraction of sp³-hybridized carbons (Fsp3) is 0.294. The molecule has 104 valence electrons. The van der Waals surface area contributed by atoms with Crippen molar-refractivity contribution in [3.8, 4) is 0 Å². The standard InChI is InChI=1S/C17H19NOS/c1-2-16-15(14-7-3-4-8-17(14)19-16)12-18-10-9-13-6-5-11-20-13/h3-8,11,18H,2,9-10,12H2,1H3. The summed E-state index contributed by atoms with van der Waals surface area (Å²) in [4.78, 5) is 1.44. The summed E-state index contributed by atoms with van der Waals surface area (Å²) in [6.45, 7) is 4.03. The molecule has 0 bridgehead atoms. The zero-order valence-corrected chi connectivity index (χ0v) is 12.5. The molecule has 0 aliphatic rings. The topological polar surface area (TPSA) is 25.2 Å². The van der Waals surface area contributed by atoms with Gasteiger partial charge in [0.1, 0.15) is 11.3 Å². The van der Waals surface area contributed by atoms with Gasteiger partial charge in [0, 0.05) is 35.3 Å². The zero-order valence-electron chi connectivity index (χ0n) is 11.7. The molecular formula is C17H19NOS. The van der Waals surface area contributed by atoms with E-state index in [2.05, 4.69) is 41.9 Å². The van der Waals surface area contributed by atoms with Crippen molar-refractivity contribution in [3.63, 3.8) is 0 Å². The van der Waals surface area contributed by atoms with Crippen LogP contribution >= 0.6 is 11.3 Å². The van der Waals surface area contributed by atoms with Crippen molar-refractivity contribution in [1.82, 2.24) is 5.32 Å². The molecule has 0 spiro atoms. The number of rotatable bonds is 6. The van der Waals surface area contributed by atoms with Gasteiger partial charge in [-0.15, -0.1) is 11.3 Å². The van der Waals surface area contributed by atoms with Crippen molar-refractivity contribution in [2.75, 3.05) is 6.54 Å². The van der Waals surface area contributed by atoms with Crippen LogP contribution in [0.1, 0.15) is 23.1 Å². The molecule has 3 aromatic rings. The van der Waals surface area contributed by atoms with E-state index in [1.54, 1.807) is 0 Å². The SMILES string of the molecule is CCc1oc2ccccc2c1CNCCc1cccs1. The Morgan fingerprint density at radius 3 is 2.85 bits per heavy atom. The Kier molecular flexibility index (Phi) is 4.19. The minimum absolute atomic E-state index is 0.881. The van der Waals surface area contributed by atoms with Crippen LogP contribution < -0.4 is 5.32 Å². The molecule has 1 N–H and O–H groups in total. The van der Waals surface area contributed by atoms with Crippen molar-refractivity contribution >= 4 is 22.3 Å². The monoisotopic (exact) mass is 285 g/mol. The van der Waals surface area contributed by atoms with Gasteiger partial charge in [0.05, 0.1) is 0 Å². The average molecular weight is 285 g/mol. The van der Waals surface area contributed by atoms with Gasteiger partial charge in [-0.2, -0.15) is 0 Å². The van der Waals surface area contributed by atoms with E-state index in [1.807, 2.05) is 23.5 Å². The summed E-state index contributed by atoms with van der Waals surface area (Å²) in [7, 11) is 0. The minimum Gasteiger partial charge on any atom is -0.461 e. The number of hydrogen-bond acceptors (Lipinski definition) is 3. The van der Waals surface area contributed by atoms with Gasteiger partial charge >= 0.3 is 0 Å². The Morgan fingerprint density at radius 2 is 2.05 bits per heavy atom. The van der Waals surface area contributed by atoms with Crippen molar-refractivity contribution < 1.29 is 4.42 Å². The number of thiophene rings is 1. The molecule has 2 aromatic heterocycles. The van der Waals surface area contributed by atoms with Gasteiger partial charge in [-0.05, 0) is 23.9 Å². The van der Waals surface area contributed by atoms with Crippen LogP contribution in [0.2, 0.25) is 0 Å². The van der Waals surface area contributed by atoms with Crippen LogP contribution in [0.15, 0.2) is 46.2 Å². The molecule has 20 heavy (non-hydrogen) atoms. The Labute approximate surface area is 123 Å². The molecular weight excluding hydrogens is 266 g/mol. The van der Waals surface area contributed by atoms with Gasteiger partial charge in [0.25, 0.3) is 0 Å². The van der Waals surface area contributed by atoms with E-state index in [1.165, 1.54) is 15.8 Å². The van der Waals surface area contributed by atoms with Crippen molar-refractivity contribution in [1.29, 1.82) is 0 Å². The van der Waals surface area contributed by atoms with Gasteiger partial charge in [0.15, 0.2) is 0 Å². The Morgan fingerprint density at radius 1 is 1.15 bits per heavy atom. The van der Waals surface area contributed by atoms with Gasteiger partial charge in [-0.25, -0.2) is 0 Å². The van der Waals surface area contributed by atoms with E-state index in [-0.39, 0.29) is 0 Å². The summed E-state index contributed by atoms with van der Waals surface area (Å²) in [6, 6.07) is 12.6. The lowest BCUT2D eigenvalue weighted by molar-refractivity contribution is 0.544. The lowest BCUT2D eigenvalue weighted by Crippen LogP contribution is -2.16. The second kappa shape index (κ2) is 6.25. The molecule has 0 amide bonds. The molecule has 3 rings (SSSR count). The largest absolute Gasteiger partial charge is 0.461 e. The quantitative estimate of drug-likeness (QED) is 0.680.